The molecule has 5 heteroatoms. The predicted octanol–water partition coefficient (Wildman–Crippen LogP) is 1.78. The van der Waals surface area contributed by atoms with Crippen LogP contribution in [0.25, 0.3) is 0 Å². The third kappa shape index (κ3) is 9.96. The van der Waals surface area contributed by atoms with Crippen LogP contribution in [0.1, 0.15) is 37.0 Å². The first-order valence-corrected chi connectivity index (χ1v) is 6.29. The summed E-state index contributed by atoms with van der Waals surface area (Å²) in [7, 11) is 0. The number of carbonyl (C=O) groups excluding carboxylic acids is 3. The van der Waals surface area contributed by atoms with Crippen LogP contribution < -0.4 is 0 Å². The van der Waals surface area contributed by atoms with E-state index in [9.17, 15) is 14.4 Å². The summed E-state index contributed by atoms with van der Waals surface area (Å²) >= 11 is 0. The van der Waals surface area contributed by atoms with Gasteiger partial charge in [0.25, 0.3) is 0 Å². The number of carbonyl (C=O) groups is 3. The lowest BCUT2D eigenvalue weighted by molar-refractivity contribution is -0.118. The smallest absolute Gasteiger partial charge is 0.338 e. The number of ketones is 2. The Hall–Kier alpha value is -2.01. The van der Waals surface area contributed by atoms with Gasteiger partial charge in [0.05, 0.1) is 12.2 Å². The summed E-state index contributed by atoms with van der Waals surface area (Å²) in [6, 6.07) is 8.71. The molecule has 1 N–H and O–H groups in total. The number of rotatable bonds is 6. The van der Waals surface area contributed by atoms with Gasteiger partial charge in [-0.1, -0.05) is 18.2 Å². The van der Waals surface area contributed by atoms with Crippen LogP contribution in [0.2, 0.25) is 0 Å². The maximum Gasteiger partial charge on any atom is 0.338 e. The zero-order valence-corrected chi connectivity index (χ0v) is 11.8. The van der Waals surface area contributed by atoms with Crippen molar-refractivity contribution in [3.63, 3.8) is 0 Å². The molecule has 1 rings (SSSR count). The van der Waals surface area contributed by atoms with E-state index in [2.05, 4.69) is 0 Å². The summed E-state index contributed by atoms with van der Waals surface area (Å²) in [5.41, 5.74) is 0.510. The van der Waals surface area contributed by atoms with E-state index in [0.717, 1.165) is 0 Å². The number of hydrogen-bond donors (Lipinski definition) is 1. The molecule has 0 bridgehead atoms. The molecular weight excluding hydrogens is 260 g/mol. The molecule has 0 heterocycles. The van der Waals surface area contributed by atoms with Crippen LogP contribution >= 0.6 is 0 Å². The molecule has 0 fully saturated rings. The lowest BCUT2D eigenvalue weighted by Gasteiger charge is -2.02. The molecule has 0 saturated carbocycles. The number of aliphatic hydroxyl groups is 1. The number of benzene rings is 1. The van der Waals surface area contributed by atoms with Crippen LogP contribution in [0.4, 0.5) is 0 Å². The van der Waals surface area contributed by atoms with Gasteiger partial charge in [-0.05, 0) is 26.0 Å². The first-order valence-electron chi connectivity index (χ1n) is 6.29. The van der Waals surface area contributed by atoms with Crippen molar-refractivity contribution in [1.29, 1.82) is 0 Å². The highest BCUT2D eigenvalue weighted by molar-refractivity contribution is 5.89. The van der Waals surface area contributed by atoms with Gasteiger partial charge in [-0.2, -0.15) is 0 Å². The molecule has 0 atom stereocenters. The Balaban J connectivity index is 0.000000511. The number of esters is 1. The summed E-state index contributed by atoms with van der Waals surface area (Å²) in [5.74, 6) is -0.324. The van der Waals surface area contributed by atoms with Crippen molar-refractivity contribution < 1.29 is 24.2 Å². The van der Waals surface area contributed by atoms with Crippen molar-refractivity contribution in [1.82, 2.24) is 0 Å². The zero-order valence-electron chi connectivity index (χ0n) is 11.8. The lowest BCUT2D eigenvalue weighted by atomic mass is 10.2. The molecule has 0 aliphatic heterocycles. The minimum Gasteiger partial charge on any atom is -0.462 e. The van der Waals surface area contributed by atoms with E-state index in [1.54, 1.807) is 24.3 Å². The molecule has 0 radical (unpaired) electrons. The van der Waals surface area contributed by atoms with Crippen LogP contribution in [-0.4, -0.2) is 35.9 Å². The SMILES string of the molecule is CC(=O)CCO.CC(=O)CCOC(=O)c1ccccc1. The molecule has 0 aliphatic rings. The molecule has 110 valence electrons. The van der Waals surface area contributed by atoms with Crippen molar-refractivity contribution in [3.8, 4) is 0 Å². The fourth-order valence-electron chi connectivity index (χ4n) is 1.10. The van der Waals surface area contributed by atoms with Crippen molar-refractivity contribution in [2.45, 2.75) is 26.7 Å². The summed E-state index contributed by atoms with van der Waals surface area (Å²) in [5, 5.41) is 8.02. The molecule has 0 spiro atoms. The van der Waals surface area contributed by atoms with Gasteiger partial charge in [0.15, 0.2) is 0 Å². The Kier molecular flexibility index (Phi) is 9.78. The molecule has 0 saturated heterocycles. The van der Waals surface area contributed by atoms with E-state index in [-0.39, 0.29) is 37.2 Å². The van der Waals surface area contributed by atoms with Gasteiger partial charge in [-0.3, -0.25) is 9.59 Å². The van der Waals surface area contributed by atoms with E-state index < -0.39 is 0 Å². The highest BCUT2D eigenvalue weighted by Gasteiger charge is 2.05. The molecule has 1 aromatic carbocycles. The second kappa shape index (κ2) is 10.9. The zero-order chi connectivity index (χ0) is 15.4. The number of hydrogen-bond acceptors (Lipinski definition) is 5. The van der Waals surface area contributed by atoms with Crippen molar-refractivity contribution in [2.24, 2.45) is 0 Å². The molecule has 0 amide bonds. The Bertz CT molecular complexity index is 425. The van der Waals surface area contributed by atoms with Gasteiger partial charge in [-0.15, -0.1) is 0 Å². The maximum absolute atomic E-state index is 11.3. The molecule has 20 heavy (non-hydrogen) atoms. The molecule has 0 aromatic heterocycles. The van der Waals surface area contributed by atoms with Crippen LogP contribution in [0, 0.1) is 0 Å². The normalized spacial score (nSPS) is 9.15. The first kappa shape index (κ1) is 18.0. The van der Waals surface area contributed by atoms with Crippen LogP contribution in [0.3, 0.4) is 0 Å². The standard InChI is InChI=1S/C11H12O3.C4H8O2/c1-9(12)7-8-14-11(13)10-5-3-2-4-6-10;1-4(6)2-3-5/h2-6H,7-8H2,1H3;5H,2-3H2,1H3. The summed E-state index contributed by atoms with van der Waals surface area (Å²) in [4.78, 5) is 31.7. The van der Waals surface area contributed by atoms with Crippen LogP contribution in [-0.2, 0) is 14.3 Å². The van der Waals surface area contributed by atoms with Gasteiger partial charge >= 0.3 is 5.97 Å². The maximum atomic E-state index is 11.3. The minimum atomic E-state index is -0.383. The fourth-order valence-corrected chi connectivity index (χ4v) is 1.10. The number of ether oxygens (including phenoxy) is 1. The minimum absolute atomic E-state index is 0.0185. The Morgan fingerprint density at radius 1 is 1.00 bits per heavy atom. The summed E-state index contributed by atoms with van der Waals surface area (Å²) in [6.07, 6.45) is 0.568. The average molecular weight is 280 g/mol. The topological polar surface area (TPSA) is 80.7 Å². The average Bonchev–Trinajstić information content (AvgIpc) is 2.39. The quantitative estimate of drug-likeness (QED) is 0.803. The van der Waals surface area contributed by atoms with Gasteiger partial charge in [0.2, 0.25) is 0 Å². The monoisotopic (exact) mass is 280 g/mol. The van der Waals surface area contributed by atoms with E-state index in [0.29, 0.717) is 12.0 Å². The van der Waals surface area contributed by atoms with Gasteiger partial charge in [0.1, 0.15) is 11.6 Å². The summed E-state index contributed by atoms with van der Waals surface area (Å²) in [6.45, 7) is 3.06. The van der Waals surface area contributed by atoms with E-state index in [1.165, 1.54) is 13.8 Å². The van der Waals surface area contributed by atoms with Crippen molar-refractivity contribution >= 4 is 17.5 Å². The molecule has 0 unspecified atom stereocenters. The van der Waals surface area contributed by atoms with Gasteiger partial charge < -0.3 is 9.84 Å². The molecule has 5 nitrogen and oxygen atoms in total. The van der Waals surface area contributed by atoms with Gasteiger partial charge in [0, 0.05) is 19.4 Å². The summed E-state index contributed by atoms with van der Waals surface area (Å²) < 4.78 is 4.88. The first-order chi connectivity index (χ1) is 9.47. The third-order valence-electron chi connectivity index (χ3n) is 2.16. The van der Waals surface area contributed by atoms with E-state index in [1.807, 2.05) is 6.07 Å². The van der Waals surface area contributed by atoms with Gasteiger partial charge in [-0.25, -0.2) is 4.79 Å². The molecule has 1 aromatic rings. The largest absolute Gasteiger partial charge is 0.462 e. The highest BCUT2D eigenvalue weighted by atomic mass is 16.5. The van der Waals surface area contributed by atoms with Crippen molar-refractivity contribution in [2.75, 3.05) is 13.2 Å². The Morgan fingerprint density at radius 3 is 1.95 bits per heavy atom. The second-order valence-electron chi connectivity index (χ2n) is 4.13. The number of aliphatic hydroxyl groups excluding tert-OH is 1. The fraction of sp³-hybridized carbons (Fsp3) is 0.400. The molecular formula is C15H20O5. The van der Waals surface area contributed by atoms with Crippen molar-refractivity contribution in [3.05, 3.63) is 35.9 Å². The highest BCUT2D eigenvalue weighted by Crippen LogP contribution is 2.01. The van der Waals surface area contributed by atoms with E-state index >= 15 is 0 Å². The second-order valence-corrected chi connectivity index (χ2v) is 4.13. The van der Waals surface area contributed by atoms with E-state index in [4.69, 9.17) is 9.84 Å². The Morgan fingerprint density at radius 2 is 1.55 bits per heavy atom. The van der Waals surface area contributed by atoms with Crippen LogP contribution in [0.15, 0.2) is 30.3 Å². The Labute approximate surface area is 118 Å². The number of Topliss-reactive ketones (excluding diaryl/α,β-unsaturated/α-hetero) is 2. The third-order valence-corrected chi connectivity index (χ3v) is 2.16. The van der Waals surface area contributed by atoms with Crippen LogP contribution in [0.5, 0.6) is 0 Å². The lowest BCUT2D eigenvalue weighted by Crippen LogP contribution is -2.08. The molecule has 0 aliphatic carbocycles. The predicted molar refractivity (Wildman–Crippen MR) is 74.4 cm³/mol.